The minimum absolute atomic E-state index is 0.0688. The molecule has 30 heavy (non-hydrogen) atoms. The number of aromatic nitrogens is 2. The summed E-state index contributed by atoms with van der Waals surface area (Å²) in [5, 5.41) is 5.02. The van der Waals surface area contributed by atoms with Gasteiger partial charge < -0.3 is 15.2 Å². The number of anilines is 1. The SMILES string of the molecule is C[C@H](CCc1ccccc1)NC(=O)C(=O)Nc1ccc2c(c1)nc(C(F)(F)F)n2C. The summed E-state index contributed by atoms with van der Waals surface area (Å²) in [6.45, 7) is 1.80. The number of carbonyl (C=O) groups excluding carboxylic acids is 2. The van der Waals surface area contributed by atoms with Gasteiger partial charge in [0.2, 0.25) is 5.82 Å². The van der Waals surface area contributed by atoms with E-state index in [1.165, 1.54) is 25.2 Å². The molecule has 0 aliphatic heterocycles. The second kappa shape index (κ2) is 8.56. The zero-order chi connectivity index (χ0) is 21.9. The van der Waals surface area contributed by atoms with Gasteiger partial charge in [-0.3, -0.25) is 9.59 Å². The van der Waals surface area contributed by atoms with E-state index in [4.69, 9.17) is 0 Å². The predicted molar refractivity (Wildman–Crippen MR) is 107 cm³/mol. The number of alkyl halides is 3. The quantitative estimate of drug-likeness (QED) is 0.621. The van der Waals surface area contributed by atoms with Gasteiger partial charge in [0, 0.05) is 18.8 Å². The average Bonchev–Trinajstić information content (AvgIpc) is 3.03. The first-order valence-electron chi connectivity index (χ1n) is 9.34. The fourth-order valence-corrected chi connectivity index (χ4v) is 3.11. The van der Waals surface area contributed by atoms with Crippen LogP contribution < -0.4 is 10.6 Å². The van der Waals surface area contributed by atoms with Crippen molar-refractivity contribution in [3.63, 3.8) is 0 Å². The minimum Gasteiger partial charge on any atom is -0.345 e. The molecule has 158 valence electrons. The van der Waals surface area contributed by atoms with E-state index in [2.05, 4.69) is 15.6 Å². The van der Waals surface area contributed by atoms with Gasteiger partial charge in [0.25, 0.3) is 0 Å². The molecule has 1 atom stereocenters. The van der Waals surface area contributed by atoms with E-state index in [9.17, 15) is 22.8 Å². The van der Waals surface area contributed by atoms with E-state index < -0.39 is 23.8 Å². The summed E-state index contributed by atoms with van der Waals surface area (Å²) in [6, 6.07) is 13.7. The lowest BCUT2D eigenvalue weighted by Gasteiger charge is -2.13. The van der Waals surface area contributed by atoms with Crippen LogP contribution in [0.5, 0.6) is 0 Å². The van der Waals surface area contributed by atoms with Gasteiger partial charge in [-0.1, -0.05) is 30.3 Å². The third kappa shape index (κ3) is 4.97. The highest BCUT2D eigenvalue weighted by Crippen LogP contribution is 2.31. The lowest BCUT2D eigenvalue weighted by atomic mass is 10.1. The number of nitrogens with zero attached hydrogens (tertiary/aromatic N) is 2. The van der Waals surface area contributed by atoms with Gasteiger partial charge in [-0.25, -0.2) is 4.98 Å². The maximum Gasteiger partial charge on any atom is 0.449 e. The van der Waals surface area contributed by atoms with Crippen molar-refractivity contribution in [2.75, 3.05) is 5.32 Å². The molecule has 0 aliphatic carbocycles. The first-order chi connectivity index (χ1) is 14.1. The minimum atomic E-state index is -4.59. The molecule has 1 heterocycles. The van der Waals surface area contributed by atoms with E-state index in [0.717, 1.165) is 16.6 Å². The Hall–Kier alpha value is -3.36. The Morgan fingerprint density at radius 3 is 2.47 bits per heavy atom. The molecule has 0 spiro atoms. The highest BCUT2D eigenvalue weighted by atomic mass is 19.4. The highest BCUT2D eigenvalue weighted by Gasteiger charge is 2.36. The monoisotopic (exact) mass is 418 g/mol. The molecular formula is C21H21F3N4O2. The maximum atomic E-state index is 13.0. The van der Waals surface area contributed by atoms with E-state index in [1.54, 1.807) is 6.92 Å². The predicted octanol–water partition coefficient (Wildman–Crippen LogP) is 3.67. The van der Waals surface area contributed by atoms with Crippen LogP contribution in [-0.4, -0.2) is 27.4 Å². The van der Waals surface area contributed by atoms with Crippen molar-refractivity contribution in [2.24, 2.45) is 7.05 Å². The number of aryl methyl sites for hydroxylation is 2. The zero-order valence-electron chi connectivity index (χ0n) is 16.5. The molecular weight excluding hydrogens is 397 g/mol. The zero-order valence-corrected chi connectivity index (χ0v) is 16.5. The lowest BCUT2D eigenvalue weighted by Crippen LogP contribution is -2.40. The summed E-state index contributed by atoms with van der Waals surface area (Å²) >= 11 is 0. The summed E-state index contributed by atoms with van der Waals surface area (Å²) in [7, 11) is 1.26. The fraction of sp³-hybridized carbons (Fsp3) is 0.286. The summed E-state index contributed by atoms with van der Waals surface area (Å²) in [5.41, 5.74) is 1.65. The van der Waals surface area contributed by atoms with Gasteiger partial charge in [0.15, 0.2) is 0 Å². The molecule has 2 amide bonds. The van der Waals surface area contributed by atoms with Crippen LogP contribution in [0.4, 0.5) is 18.9 Å². The molecule has 6 nitrogen and oxygen atoms in total. The standard InChI is InChI=1S/C21H21F3N4O2/c1-13(8-9-14-6-4-3-5-7-14)25-18(29)19(30)26-15-10-11-17-16(12-15)27-20(28(17)2)21(22,23)24/h3-7,10-13H,8-9H2,1-2H3,(H,25,29)(H,26,30)/t13-/m1/s1. The van der Waals surface area contributed by atoms with Gasteiger partial charge >= 0.3 is 18.0 Å². The van der Waals surface area contributed by atoms with Gasteiger partial charge in [-0.05, 0) is 43.5 Å². The maximum absolute atomic E-state index is 13.0. The molecule has 1 aromatic heterocycles. The summed E-state index contributed by atoms with van der Waals surface area (Å²) in [5.74, 6) is -2.74. The van der Waals surface area contributed by atoms with E-state index >= 15 is 0 Å². The van der Waals surface area contributed by atoms with Crippen LogP contribution in [0.25, 0.3) is 11.0 Å². The molecule has 3 aromatic rings. The summed E-state index contributed by atoms with van der Waals surface area (Å²) < 4.78 is 39.9. The average molecular weight is 418 g/mol. The molecule has 0 unspecified atom stereocenters. The number of carbonyl (C=O) groups is 2. The largest absolute Gasteiger partial charge is 0.449 e. The third-order valence-corrected chi connectivity index (χ3v) is 4.68. The lowest BCUT2D eigenvalue weighted by molar-refractivity contribution is -0.146. The Balaban J connectivity index is 1.60. The van der Waals surface area contributed by atoms with E-state index in [1.807, 2.05) is 30.3 Å². The van der Waals surface area contributed by atoms with Crippen molar-refractivity contribution in [1.82, 2.24) is 14.9 Å². The molecule has 0 aliphatic rings. The van der Waals surface area contributed by atoms with Crippen LogP contribution in [0.2, 0.25) is 0 Å². The number of rotatable bonds is 5. The Morgan fingerprint density at radius 1 is 1.10 bits per heavy atom. The molecule has 2 N–H and O–H groups in total. The Labute approximate surface area is 171 Å². The number of hydrogen-bond acceptors (Lipinski definition) is 3. The molecule has 0 bridgehead atoms. The number of benzene rings is 2. The van der Waals surface area contributed by atoms with Crippen LogP contribution >= 0.6 is 0 Å². The van der Waals surface area contributed by atoms with Crippen molar-refractivity contribution in [2.45, 2.75) is 32.0 Å². The Kier molecular flexibility index (Phi) is 6.09. The van der Waals surface area contributed by atoms with Crippen LogP contribution in [0.3, 0.4) is 0 Å². The van der Waals surface area contributed by atoms with Crippen LogP contribution in [-0.2, 0) is 29.2 Å². The second-order valence-electron chi connectivity index (χ2n) is 7.05. The summed E-state index contributed by atoms with van der Waals surface area (Å²) in [4.78, 5) is 27.9. The fourth-order valence-electron chi connectivity index (χ4n) is 3.11. The number of halogens is 3. The van der Waals surface area contributed by atoms with Crippen molar-refractivity contribution in [1.29, 1.82) is 0 Å². The molecule has 0 fully saturated rings. The molecule has 0 saturated heterocycles. The molecule has 2 aromatic carbocycles. The second-order valence-corrected chi connectivity index (χ2v) is 7.05. The molecule has 0 radical (unpaired) electrons. The smallest absolute Gasteiger partial charge is 0.345 e. The number of imidazole rings is 1. The number of amides is 2. The molecule has 3 rings (SSSR count). The first-order valence-corrected chi connectivity index (χ1v) is 9.34. The molecule has 9 heteroatoms. The number of hydrogen-bond donors (Lipinski definition) is 2. The van der Waals surface area contributed by atoms with Crippen molar-refractivity contribution in [3.8, 4) is 0 Å². The van der Waals surface area contributed by atoms with Crippen molar-refractivity contribution >= 4 is 28.5 Å². The topological polar surface area (TPSA) is 76.0 Å². The van der Waals surface area contributed by atoms with Crippen molar-refractivity contribution < 1.29 is 22.8 Å². The highest BCUT2D eigenvalue weighted by molar-refractivity contribution is 6.39. The van der Waals surface area contributed by atoms with Gasteiger partial charge in [0.05, 0.1) is 11.0 Å². The number of fused-ring (bicyclic) bond motifs is 1. The van der Waals surface area contributed by atoms with E-state index in [-0.39, 0.29) is 22.8 Å². The molecule has 0 saturated carbocycles. The van der Waals surface area contributed by atoms with Gasteiger partial charge in [0.1, 0.15) is 0 Å². The summed E-state index contributed by atoms with van der Waals surface area (Å²) in [6.07, 6.45) is -3.18. The van der Waals surface area contributed by atoms with E-state index in [0.29, 0.717) is 6.42 Å². The van der Waals surface area contributed by atoms with Crippen LogP contribution in [0.1, 0.15) is 24.7 Å². The Morgan fingerprint density at radius 2 is 1.80 bits per heavy atom. The first kappa shape index (κ1) is 21.4. The third-order valence-electron chi connectivity index (χ3n) is 4.68. The van der Waals surface area contributed by atoms with Gasteiger partial charge in [-0.15, -0.1) is 0 Å². The van der Waals surface area contributed by atoms with Crippen LogP contribution in [0.15, 0.2) is 48.5 Å². The van der Waals surface area contributed by atoms with Crippen molar-refractivity contribution in [3.05, 3.63) is 59.9 Å². The Bertz CT molecular complexity index is 1060. The van der Waals surface area contributed by atoms with Crippen LogP contribution in [0, 0.1) is 0 Å². The normalized spacial score (nSPS) is 12.6. The number of nitrogens with one attached hydrogen (secondary N) is 2. The van der Waals surface area contributed by atoms with Gasteiger partial charge in [-0.2, -0.15) is 13.2 Å².